The zero-order valence-corrected chi connectivity index (χ0v) is 18.8. The van der Waals surface area contributed by atoms with E-state index in [2.05, 4.69) is 40.0 Å². The molecule has 3 aliphatic heterocycles. The zero-order valence-electron chi connectivity index (χ0n) is 18.1. The molecule has 3 amide bonds. The van der Waals surface area contributed by atoms with E-state index < -0.39 is 18.0 Å². The molecule has 9 heteroatoms. The van der Waals surface area contributed by atoms with E-state index in [1.165, 1.54) is 0 Å². The summed E-state index contributed by atoms with van der Waals surface area (Å²) in [4.78, 5) is 40.7. The van der Waals surface area contributed by atoms with Gasteiger partial charge in [0.2, 0.25) is 17.7 Å². The zero-order chi connectivity index (χ0) is 22.3. The van der Waals surface area contributed by atoms with Gasteiger partial charge in [-0.05, 0) is 42.9 Å². The van der Waals surface area contributed by atoms with Crippen LogP contribution in [0.3, 0.4) is 0 Å². The Labute approximate surface area is 187 Å². The first-order valence-corrected chi connectivity index (χ1v) is 11.3. The quantitative estimate of drug-likeness (QED) is 0.564. The highest BCUT2D eigenvalue weighted by Gasteiger charge is 2.49. The highest BCUT2D eigenvalue weighted by molar-refractivity contribution is 6.31. The van der Waals surface area contributed by atoms with Gasteiger partial charge in [0.15, 0.2) is 0 Å². The van der Waals surface area contributed by atoms with Crippen LogP contribution in [0.1, 0.15) is 32.3 Å². The second kappa shape index (κ2) is 8.76. The summed E-state index contributed by atoms with van der Waals surface area (Å²) >= 11 is 6.16. The predicted octanol–water partition coefficient (Wildman–Crippen LogP) is 1.65. The summed E-state index contributed by atoms with van der Waals surface area (Å²) < 4.78 is 0. The van der Waals surface area contributed by atoms with E-state index in [4.69, 9.17) is 11.6 Å². The van der Waals surface area contributed by atoms with Crippen LogP contribution in [-0.2, 0) is 14.4 Å². The molecule has 0 aromatic heterocycles. The highest BCUT2D eigenvalue weighted by Crippen LogP contribution is 2.30. The molecule has 3 saturated heterocycles. The molecule has 31 heavy (non-hydrogen) atoms. The summed E-state index contributed by atoms with van der Waals surface area (Å²) in [6, 6.07) is 5.24. The number of rotatable bonds is 3. The summed E-state index contributed by atoms with van der Waals surface area (Å²) in [7, 11) is 0. The number of nitrogens with one attached hydrogen (secondary N) is 4. The number of piperidine rings is 2. The van der Waals surface area contributed by atoms with Crippen LogP contribution in [0, 0.1) is 30.6 Å². The molecule has 6 atom stereocenters. The molecule has 3 aliphatic rings. The third-order valence-corrected chi connectivity index (χ3v) is 6.88. The number of anilines is 1. The van der Waals surface area contributed by atoms with Crippen molar-refractivity contribution in [1.82, 2.24) is 20.9 Å². The Bertz CT molecular complexity index is 884. The van der Waals surface area contributed by atoms with Gasteiger partial charge in [0.25, 0.3) is 0 Å². The fourth-order valence-electron chi connectivity index (χ4n) is 5.08. The van der Waals surface area contributed by atoms with E-state index >= 15 is 0 Å². The molecule has 0 aliphatic carbocycles. The number of nitrogens with zero attached hydrogens (tertiary/aromatic N) is 1. The van der Waals surface area contributed by atoms with Gasteiger partial charge in [-0.1, -0.05) is 31.5 Å². The minimum Gasteiger partial charge on any atom is -0.340 e. The van der Waals surface area contributed by atoms with E-state index in [0.29, 0.717) is 22.5 Å². The smallest absolute Gasteiger partial charge is 0.229 e. The van der Waals surface area contributed by atoms with Crippen LogP contribution >= 0.6 is 11.6 Å². The standard InChI is InChI=1S/C22H30ClN5O3/c1-11-6-12(2)10-28(9-11)22-26-19-18(21(31)27-22)15(8-17(29)25-19)20(30)24-14-5-4-13(3)16(23)7-14/h4-5,7,11-12,15,18-19,22,26H,6,8-10H2,1-3H3,(H,24,30)(H,25,29)(H,27,31). The lowest BCUT2D eigenvalue weighted by molar-refractivity contribution is -0.148. The van der Waals surface area contributed by atoms with E-state index in [1.54, 1.807) is 12.1 Å². The Morgan fingerprint density at radius 2 is 1.87 bits per heavy atom. The van der Waals surface area contributed by atoms with Crippen molar-refractivity contribution in [1.29, 1.82) is 0 Å². The second-order valence-corrected chi connectivity index (χ2v) is 9.72. The lowest BCUT2D eigenvalue weighted by Gasteiger charge is -2.48. The van der Waals surface area contributed by atoms with Gasteiger partial charge >= 0.3 is 0 Å². The van der Waals surface area contributed by atoms with E-state index in [1.807, 2.05) is 13.0 Å². The number of likely N-dealkylation sites (tertiary alicyclic amines) is 1. The van der Waals surface area contributed by atoms with Gasteiger partial charge in [-0.2, -0.15) is 0 Å². The average molecular weight is 448 g/mol. The van der Waals surface area contributed by atoms with Crippen LogP contribution in [-0.4, -0.2) is 48.2 Å². The SMILES string of the molecule is Cc1ccc(NC(=O)C2CC(=O)NC3NC(N4CC(C)CC(C)C4)NC(=O)C32)cc1Cl. The van der Waals surface area contributed by atoms with Crippen molar-refractivity contribution in [3.63, 3.8) is 0 Å². The molecule has 6 unspecified atom stereocenters. The monoisotopic (exact) mass is 447 g/mol. The molecule has 4 N–H and O–H groups in total. The largest absolute Gasteiger partial charge is 0.340 e. The van der Waals surface area contributed by atoms with Crippen molar-refractivity contribution in [2.24, 2.45) is 23.7 Å². The van der Waals surface area contributed by atoms with E-state index in [-0.39, 0.29) is 30.4 Å². The van der Waals surface area contributed by atoms with Gasteiger partial charge in [-0.25, -0.2) is 0 Å². The maximum atomic E-state index is 13.1. The lowest BCUT2D eigenvalue weighted by atomic mass is 9.81. The minimum absolute atomic E-state index is 0.0376. The molecular weight excluding hydrogens is 418 g/mol. The number of amides is 3. The van der Waals surface area contributed by atoms with Crippen molar-refractivity contribution < 1.29 is 14.4 Å². The van der Waals surface area contributed by atoms with Crippen molar-refractivity contribution in [2.75, 3.05) is 18.4 Å². The minimum atomic E-state index is -0.772. The Hall–Kier alpha value is -2.16. The molecule has 4 rings (SSSR count). The van der Waals surface area contributed by atoms with Crippen molar-refractivity contribution >= 4 is 35.0 Å². The van der Waals surface area contributed by atoms with Crippen LogP contribution in [0.2, 0.25) is 5.02 Å². The number of hydrogen-bond donors (Lipinski definition) is 4. The van der Waals surface area contributed by atoms with Crippen molar-refractivity contribution in [2.45, 2.75) is 46.1 Å². The number of halogens is 1. The van der Waals surface area contributed by atoms with Crippen LogP contribution in [0.5, 0.6) is 0 Å². The van der Waals surface area contributed by atoms with Crippen molar-refractivity contribution in [3.05, 3.63) is 28.8 Å². The number of hydrogen-bond acceptors (Lipinski definition) is 5. The summed E-state index contributed by atoms with van der Waals surface area (Å²) in [5.41, 5.74) is 1.45. The van der Waals surface area contributed by atoms with Crippen LogP contribution in [0.25, 0.3) is 0 Å². The number of aryl methyl sites for hydroxylation is 1. The molecule has 0 spiro atoms. The molecule has 3 heterocycles. The summed E-state index contributed by atoms with van der Waals surface area (Å²) in [5, 5.41) is 12.6. The Balaban J connectivity index is 1.49. The molecule has 0 bridgehead atoms. The van der Waals surface area contributed by atoms with Crippen LogP contribution in [0.15, 0.2) is 18.2 Å². The third kappa shape index (κ3) is 4.71. The van der Waals surface area contributed by atoms with Crippen LogP contribution < -0.4 is 21.3 Å². The van der Waals surface area contributed by atoms with Gasteiger partial charge in [-0.3, -0.25) is 24.6 Å². The topological polar surface area (TPSA) is 103 Å². The summed E-state index contributed by atoms with van der Waals surface area (Å²) in [5.74, 6) is -1.23. The predicted molar refractivity (Wildman–Crippen MR) is 118 cm³/mol. The molecule has 8 nitrogen and oxygen atoms in total. The second-order valence-electron chi connectivity index (χ2n) is 9.31. The molecule has 1 aromatic rings. The first kappa shape index (κ1) is 22.0. The Morgan fingerprint density at radius 3 is 2.55 bits per heavy atom. The normalized spacial score (nSPS) is 33.8. The molecular formula is C22H30ClN5O3. The maximum Gasteiger partial charge on any atom is 0.229 e. The first-order chi connectivity index (χ1) is 14.7. The Morgan fingerprint density at radius 1 is 1.16 bits per heavy atom. The molecule has 3 fully saturated rings. The fourth-order valence-corrected chi connectivity index (χ4v) is 5.26. The maximum absolute atomic E-state index is 13.1. The highest BCUT2D eigenvalue weighted by atomic mass is 35.5. The Kier molecular flexibility index (Phi) is 6.23. The van der Waals surface area contributed by atoms with E-state index in [0.717, 1.165) is 25.1 Å². The number of benzene rings is 1. The lowest BCUT2D eigenvalue weighted by Crippen LogP contribution is -2.75. The van der Waals surface area contributed by atoms with Gasteiger partial charge in [0, 0.05) is 30.2 Å². The average Bonchev–Trinajstić information content (AvgIpc) is 2.69. The van der Waals surface area contributed by atoms with Crippen LogP contribution in [0.4, 0.5) is 5.69 Å². The molecule has 0 radical (unpaired) electrons. The number of carbonyl (C=O) groups excluding carboxylic acids is 3. The van der Waals surface area contributed by atoms with E-state index in [9.17, 15) is 14.4 Å². The molecule has 1 aromatic carbocycles. The fraction of sp³-hybridized carbons (Fsp3) is 0.591. The van der Waals surface area contributed by atoms with Gasteiger partial charge < -0.3 is 16.0 Å². The van der Waals surface area contributed by atoms with Gasteiger partial charge in [0.1, 0.15) is 6.29 Å². The number of fused-ring (bicyclic) bond motifs is 1. The summed E-state index contributed by atoms with van der Waals surface area (Å²) in [6.45, 7) is 8.02. The molecule has 168 valence electrons. The summed E-state index contributed by atoms with van der Waals surface area (Å²) in [6.07, 6.45) is 0.164. The van der Waals surface area contributed by atoms with Crippen molar-refractivity contribution in [3.8, 4) is 0 Å². The third-order valence-electron chi connectivity index (χ3n) is 6.47. The molecule has 0 saturated carbocycles. The number of carbonyl (C=O) groups is 3. The van der Waals surface area contributed by atoms with Gasteiger partial charge in [0.05, 0.1) is 18.0 Å². The first-order valence-electron chi connectivity index (χ1n) is 10.9. The van der Waals surface area contributed by atoms with Gasteiger partial charge in [-0.15, -0.1) is 0 Å².